The van der Waals surface area contributed by atoms with Gasteiger partial charge in [-0.15, -0.1) is 0 Å². The lowest BCUT2D eigenvalue weighted by Crippen LogP contribution is -2.36. The maximum absolute atomic E-state index is 13.2. The first-order chi connectivity index (χ1) is 14.5. The van der Waals surface area contributed by atoms with Crippen molar-refractivity contribution in [2.75, 3.05) is 11.9 Å². The van der Waals surface area contributed by atoms with Gasteiger partial charge in [0.15, 0.2) is 11.5 Å². The Morgan fingerprint density at radius 2 is 1.73 bits per heavy atom. The average Bonchev–Trinajstić information content (AvgIpc) is 2.78. The Morgan fingerprint density at radius 3 is 2.43 bits per heavy atom. The topological polar surface area (TPSA) is 58.6 Å². The largest absolute Gasteiger partial charge is 0.449 e. The monoisotopic (exact) mass is 418 g/mol. The van der Waals surface area contributed by atoms with E-state index >= 15 is 0 Å². The van der Waals surface area contributed by atoms with Gasteiger partial charge in [-0.1, -0.05) is 48.0 Å². The van der Waals surface area contributed by atoms with Crippen molar-refractivity contribution in [1.29, 1.82) is 0 Å². The first kappa shape index (κ1) is 19.7. The molecule has 150 valence electrons. The molecule has 4 rings (SSSR count). The molecule has 1 aliphatic heterocycles. The van der Waals surface area contributed by atoms with Gasteiger partial charge in [-0.2, -0.15) is 0 Å². The molecule has 0 fully saturated rings. The van der Waals surface area contributed by atoms with Gasteiger partial charge in [0.05, 0.1) is 12.2 Å². The Hall–Kier alpha value is -3.57. The quantitative estimate of drug-likeness (QED) is 0.626. The van der Waals surface area contributed by atoms with Gasteiger partial charge in [0.2, 0.25) is 0 Å². The molecule has 1 aliphatic rings. The zero-order valence-electron chi connectivity index (χ0n) is 16.3. The lowest BCUT2D eigenvalue weighted by Gasteiger charge is -2.30. The highest BCUT2D eigenvalue weighted by Gasteiger charge is 2.30. The molecule has 3 aromatic rings. The van der Waals surface area contributed by atoms with E-state index in [1.54, 1.807) is 54.4 Å². The van der Waals surface area contributed by atoms with Crippen LogP contribution in [-0.4, -0.2) is 18.9 Å². The number of hydrogen-bond donors (Lipinski definition) is 1. The first-order valence-electron chi connectivity index (χ1n) is 9.42. The summed E-state index contributed by atoms with van der Waals surface area (Å²) in [6.45, 7) is 0.392. The summed E-state index contributed by atoms with van der Waals surface area (Å²) in [6.07, 6.45) is 1.68. The molecule has 0 saturated carbocycles. The molecule has 3 aromatic carbocycles. The number of para-hydroxylation sites is 2. The molecule has 30 heavy (non-hydrogen) atoms. The molecular formula is C24H19ClN2O3. The first-order valence-corrected chi connectivity index (χ1v) is 9.80. The van der Waals surface area contributed by atoms with Crippen molar-refractivity contribution in [2.24, 2.45) is 0 Å². The molecule has 0 unspecified atom stereocenters. The van der Waals surface area contributed by atoms with E-state index in [0.29, 0.717) is 28.6 Å². The van der Waals surface area contributed by atoms with Crippen LogP contribution in [0.25, 0.3) is 6.08 Å². The van der Waals surface area contributed by atoms with Gasteiger partial charge in [0.25, 0.3) is 11.8 Å². The second-order valence-corrected chi connectivity index (χ2v) is 7.23. The maximum atomic E-state index is 13.2. The number of rotatable bonds is 4. The van der Waals surface area contributed by atoms with E-state index in [-0.39, 0.29) is 17.6 Å². The summed E-state index contributed by atoms with van der Waals surface area (Å²) >= 11 is 5.98. The fraction of sp³-hybridized carbons (Fsp3) is 0.0833. The minimum absolute atomic E-state index is 0.165. The second-order valence-electron chi connectivity index (χ2n) is 6.80. The molecular weight excluding hydrogens is 400 g/mol. The number of ether oxygens (including phenoxy) is 1. The van der Waals surface area contributed by atoms with E-state index in [1.807, 2.05) is 36.4 Å². The Balaban J connectivity index is 1.66. The number of nitrogens with one attached hydrogen (secondary N) is 1. The predicted molar refractivity (Wildman–Crippen MR) is 118 cm³/mol. The van der Waals surface area contributed by atoms with Crippen LogP contribution in [0, 0.1) is 0 Å². The summed E-state index contributed by atoms with van der Waals surface area (Å²) in [5, 5.41) is 3.23. The number of nitrogens with zero attached hydrogens (tertiary/aromatic N) is 1. The van der Waals surface area contributed by atoms with Crippen molar-refractivity contribution < 1.29 is 14.3 Å². The Morgan fingerprint density at radius 1 is 1.03 bits per heavy atom. The molecule has 2 amide bonds. The van der Waals surface area contributed by atoms with Gasteiger partial charge in [-0.3, -0.25) is 14.5 Å². The van der Waals surface area contributed by atoms with E-state index < -0.39 is 0 Å². The van der Waals surface area contributed by atoms with Crippen LogP contribution in [0.4, 0.5) is 5.69 Å². The molecule has 6 heteroatoms. The Bertz CT molecular complexity index is 1120. The zero-order chi connectivity index (χ0) is 21.1. The average molecular weight is 419 g/mol. The highest BCUT2D eigenvalue weighted by atomic mass is 35.5. The normalized spacial score (nSPS) is 14.3. The summed E-state index contributed by atoms with van der Waals surface area (Å²) in [4.78, 5) is 26.6. The maximum Gasteiger partial charge on any atom is 0.294 e. The van der Waals surface area contributed by atoms with Gasteiger partial charge >= 0.3 is 0 Å². The number of benzene rings is 3. The van der Waals surface area contributed by atoms with Gasteiger partial charge < -0.3 is 10.1 Å². The molecule has 0 aliphatic carbocycles. The fourth-order valence-electron chi connectivity index (χ4n) is 3.22. The number of amides is 2. The van der Waals surface area contributed by atoms with Gasteiger partial charge in [0, 0.05) is 17.6 Å². The summed E-state index contributed by atoms with van der Waals surface area (Å²) in [7, 11) is 1.58. The number of halogens is 1. The van der Waals surface area contributed by atoms with Gasteiger partial charge in [-0.25, -0.2) is 0 Å². The van der Waals surface area contributed by atoms with Crippen molar-refractivity contribution in [3.8, 4) is 5.75 Å². The summed E-state index contributed by atoms with van der Waals surface area (Å²) in [5.74, 6) is 0.427. The number of carbonyl (C=O) groups is 2. The minimum Gasteiger partial charge on any atom is -0.449 e. The van der Waals surface area contributed by atoms with Crippen LogP contribution in [0.1, 0.15) is 21.5 Å². The Labute approximate surface area is 179 Å². The van der Waals surface area contributed by atoms with Crippen molar-refractivity contribution in [3.05, 3.63) is 100 Å². The van der Waals surface area contributed by atoms with Crippen molar-refractivity contribution >= 4 is 35.2 Å². The summed E-state index contributed by atoms with van der Waals surface area (Å²) in [6, 6.07) is 21.8. The van der Waals surface area contributed by atoms with Crippen LogP contribution < -0.4 is 15.0 Å². The van der Waals surface area contributed by atoms with E-state index in [9.17, 15) is 9.59 Å². The van der Waals surface area contributed by atoms with E-state index in [0.717, 1.165) is 11.1 Å². The third kappa shape index (κ3) is 4.07. The molecule has 5 nitrogen and oxygen atoms in total. The SMILES string of the molecule is CNC(=O)c1ccc(C=C2Oc3ccccc3N(Cc3ccc(Cl)cc3)C2=O)cc1. The highest BCUT2D eigenvalue weighted by Crippen LogP contribution is 2.36. The van der Waals surface area contributed by atoms with Crippen LogP contribution in [0.15, 0.2) is 78.6 Å². The van der Waals surface area contributed by atoms with Gasteiger partial charge in [-0.05, 0) is 53.6 Å². The molecule has 0 bridgehead atoms. The van der Waals surface area contributed by atoms with E-state index in [1.165, 1.54) is 0 Å². The molecule has 0 spiro atoms. The summed E-state index contributed by atoms with van der Waals surface area (Å²) in [5.41, 5.74) is 2.98. The van der Waals surface area contributed by atoms with Crippen LogP contribution in [0.5, 0.6) is 5.75 Å². The minimum atomic E-state index is -0.237. The molecule has 1 N–H and O–H groups in total. The Kier molecular flexibility index (Phi) is 5.55. The predicted octanol–water partition coefficient (Wildman–Crippen LogP) is 4.67. The number of hydrogen-bond acceptors (Lipinski definition) is 3. The standard InChI is InChI=1S/C24H19ClN2O3/c1-26-23(28)18-10-6-16(7-11-18)14-22-24(29)27(15-17-8-12-19(25)13-9-17)20-4-2-3-5-21(20)30-22/h2-14H,15H2,1H3,(H,26,28). The third-order valence-electron chi connectivity index (χ3n) is 4.78. The fourth-order valence-corrected chi connectivity index (χ4v) is 3.34. The van der Waals surface area contributed by atoms with Crippen LogP contribution in [-0.2, 0) is 11.3 Å². The summed E-state index contributed by atoms with van der Waals surface area (Å²) < 4.78 is 5.90. The number of fused-ring (bicyclic) bond motifs is 1. The zero-order valence-corrected chi connectivity index (χ0v) is 17.0. The lowest BCUT2D eigenvalue weighted by atomic mass is 10.1. The van der Waals surface area contributed by atoms with E-state index in [4.69, 9.17) is 16.3 Å². The van der Waals surface area contributed by atoms with Crippen LogP contribution in [0.3, 0.4) is 0 Å². The number of carbonyl (C=O) groups excluding carboxylic acids is 2. The molecule has 0 aromatic heterocycles. The smallest absolute Gasteiger partial charge is 0.294 e. The molecule has 1 heterocycles. The van der Waals surface area contributed by atoms with Crippen molar-refractivity contribution in [2.45, 2.75) is 6.54 Å². The van der Waals surface area contributed by atoms with Crippen LogP contribution in [0.2, 0.25) is 5.02 Å². The van der Waals surface area contributed by atoms with Crippen molar-refractivity contribution in [3.63, 3.8) is 0 Å². The second kappa shape index (κ2) is 8.43. The van der Waals surface area contributed by atoms with Crippen LogP contribution >= 0.6 is 11.6 Å². The van der Waals surface area contributed by atoms with Crippen molar-refractivity contribution in [1.82, 2.24) is 5.32 Å². The molecule has 0 saturated heterocycles. The van der Waals surface area contributed by atoms with Gasteiger partial charge in [0.1, 0.15) is 0 Å². The highest BCUT2D eigenvalue weighted by molar-refractivity contribution is 6.30. The number of anilines is 1. The molecule has 0 radical (unpaired) electrons. The van der Waals surface area contributed by atoms with E-state index in [2.05, 4.69) is 5.32 Å². The third-order valence-corrected chi connectivity index (χ3v) is 5.04. The lowest BCUT2D eigenvalue weighted by molar-refractivity contribution is -0.117. The molecule has 0 atom stereocenters.